The highest BCUT2D eigenvalue weighted by Gasteiger charge is 2.48. The van der Waals surface area contributed by atoms with Crippen LogP contribution >= 0.6 is 11.6 Å². The van der Waals surface area contributed by atoms with E-state index in [-0.39, 0.29) is 17.4 Å². The second-order valence-electron chi connectivity index (χ2n) is 6.59. The molecule has 2 aromatic carbocycles. The van der Waals surface area contributed by atoms with Gasteiger partial charge in [-0.2, -0.15) is 0 Å². The molecule has 150 valence electrons. The smallest absolute Gasteiger partial charge is 0.173 e. The quantitative estimate of drug-likeness (QED) is 0.766. The van der Waals surface area contributed by atoms with Gasteiger partial charge < -0.3 is 24.1 Å². The largest absolute Gasteiger partial charge is 0.484 e. The van der Waals surface area contributed by atoms with Crippen LogP contribution in [0.25, 0.3) is 0 Å². The van der Waals surface area contributed by atoms with Gasteiger partial charge in [0.15, 0.2) is 17.5 Å². The van der Waals surface area contributed by atoms with Crippen molar-refractivity contribution >= 4 is 11.6 Å². The first-order valence-electron chi connectivity index (χ1n) is 9.02. The average molecular weight is 405 g/mol. The highest BCUT2D eigenvalue weighted by atomic mass is 35.5. The zero-order chi connectivity index (χ0) is 20.1. The Morgan fingerprint density at radius 3 is 1.89 bits per heavy atom. The molecule has 3 atom stereocenters. The van der Waals surface area contributed by atoms with Gasteiger partial charge in [0.2, 0.25) is 0 Å². The number of ether oxygens (including phenoxy) is 4. The monoisotopic (exact) mass is 404 g/mol. The third kappa shape index (κ3) is 3.69. The van der Waals surface area contributed by atoms with E-state index < -0.39 is 23.9 Å². The molecule has 0 bridgehead atoms. The summed E-state index contributed by atoms with van der Waals surface area (Å²) in [5.41, 5.74) is -0.325. The van der Waals surface area contributed by atoms with Gasteiger partial charge in [-0.1, -0.05) is 72.3 Å². The zero-order valence-electron chi connectivity index (χ0n) is 16.2. The lowest BCUT2D eigenvalue weighted by Gasteiger charge is -2.42. The lowest BCUT2D eigenvalue weighted by atomic mass is 9.82. The maximum Gasteiger partial charge on any atom is 0.173 e. The number of hydrogen-bond acceptors (Lipinski definition) is 5. The molecule has 1 N–H and O–H groups in total. The molecule has 3 rings (SSSR count). The average Bonchev–Trinajstić information content (AvgIpc) is 2.75. The molecule has 0 radical (unpaired) electrons. The number of halogens is 1. The fourth-order valence-electron chi connectivity index (χ4n) is 3.59. The Labute approximate surface area is 170 Å². The van der Waals surface area contributed by atoms with Crippen molar-refractivity contribution in [3.05, 3.63) is 82.6 Å². The van der Waals surface area contributed by atoms with Crippen molar-refractivity contribution in [2.75, 3.05) is 27.9 Å². The molecule has 0 spiro atoms. The molecule has 1 aliphatic heterocycles. The predicted octanol–water partition coefficient (Wildman–Crippen LogP) is 3.45. The molecule has 0 aromatic heterocycles. The van der Waals surface area contributed by atoms with Crippen molar-refractivity contribution in [2.45, 2.75) is 23.9 Å². The predicted molar refractivity (Wildman–Crippen MR) is 107 cm³/mol. The third-order valence-electron chi connectivity index (χ3n) is 4.97. The van der Waals surface area contributed by atoms with Crippen LogP contribution in [0.5, 0.6) is 0 Å². The van der Waals surface area contributed by atoms with Crippen LogP contribution in [0, 0.1) is 0 Å². The second kappa shape index (κ2) is 9.07. The van der Waals surface area contributed by atoms with Crippen molar-refractivity contribution in [1.82, 2.24) is 0 Å². The Bertz CT molecular complexity index is 754. The lowest BCUT2D eigenvalue weighted by Crippen LogP contribution is -2.51. The van der Waals surface area contributed by atoms with Gasteiger partial charge in [0, 0.05) is 21.3 Å². The minimum atomic E-state index is -1.60. The van der Waals surface area contributed by atoms with Gasteiger partial charge >= 0.3 is 0 Å². The Morgan fingerprint density at radius 2 is 1.46 bits per heavy atom. The molecule has 1 aliphatic rings. The van der Waals surface area contributed by atoms with Gasteiger partial charge in [0.1, 0.15) is 12.2 Å². The summed E-state index contributed by atoms with van der Waals surface area (Å²) in [7, 11) is 4.70. The van der Waals surface area contributed by atoms with Crippen LogP contribution in [0.15, 0.2) is 71.5 Å². The second-order valence-corrected chi connectivity index (χ2v) is 6.99. The molecule has 0 aliphatic carbocycles. The van der Waals surface area contributed by atoms with E-state index in [1.807, 2.05) is 60.7 Å². The minimum absolute atomic E-state index is 0.216. The summed E-state index contributed by atoms with van der Waals surface area (Å²) >= 11 is 6.72. The van der Waals surface area contributed by atoms with Gasteiger partial charge in [-0.15, -0.1) is 0 Å². The summed E-state index contributed by atoms with van der Waals surface area (Å²) in [5.74, 6) is 0.216. The lowest BCUT2D eigenvalue weighted by molar-refractivity contribution is -0.139. The van der Waals surface area contributed by atoms with Crippen molar-refractivity contribution in [1.29, 1.82) is 0 Å². The number of rotatable bonds is 7. The minimum Gasteiger partial charge on any atom is -0.484 e. The highest BCUT2D eigenvalue weighted by molar-refractivity contribution is 6.30. The molecule has 0 amide bonds. The van der Waals surface area contributed by atoms with Crippen molar-refractivity contribution in [3.63, 3.8) is 0 Å². The molecule has 0 saturated heterocycles. The van der Waals surface area contributed by atoms with E-state index in [2.05, 4.69) is 0 Å². The molecule has 6 heteroatoms. The fraction of sp³-hybridized carbons (Fsp3) is 0.364. The zero-order valence-corrected chi connectivity index (χ0v) is 16.9. The first-order valence-corrected chi connectivity index (χ1v) is 9.40. The van der Waals surface area contributed by atoms with Gasteiger partial charge in [0.25, 0.3) is 0 Å². The van der Waals surface area contributed by atoms with E-state index >= 15 is 0 Å². The standard InChI is InChI=1S/C22H25ClO5/c1-25-14-17-19(26-2)20(27-3)18(23)21(28-17)22(24,15-10-6-4-7-11-15)16-12-8-5-9-13-16/h4-13,17,19-20,24H,14H2,1-3H3/t17-,19-,20-/m1/s1. The summed E-state index contributed by atoms with van der Waals surface area (Å²) in [5, 5.41) is 12.3. The van der Waals surface area contributed by atoms with Crippen LogP contribution < -0.4 is 0 Å². The van der Waals surface area contributed by atoms with Crippen molar-refractivity contribution < 1.29 is 24.1 Å². The summed E-state index contributed by atoms with van der Waals surface area (Å²) in [6.45, 7) is 0.256. The van der Waals surface area contributed by atoms with Gasteiger partial charge in [-0.25, -0.2) is 0 Å². The van der Waals surface area contributed by atoms with Crippen LogP contribution in [-0.4, -0.2) is 51.4 Å². The van der Waals surface area contributed by atoms with Crippen LogP contribution in [0.2, 0.25) is 0 Å². The molecular weight excluding hydrogens is 380 g/mol. The molecular formula is C22H25ClO5. The SMILES string of the molecule is COC[C@H]1OC(C(O)(c2ccccc2)c2ccccc2)=C(Cl)[C@@H](OC)[C@@H]1OC. The first-order chi connectivity index (χ1) is 13.6. The van der Waals surface area contributed by atoms with Gasteiger partial charge in [-0.05, 0) is 11.1 Å². The molecule has 2 aromatic rings. The Hall–Kier alpha value is -1.89. The molecule has 0 fully saturated rings. The maximum atomic E-state index is 12.0. The molecule has 5 nitrogen and oxygen atoms in total. The third-order valence-corrected chi connectivity index (χ3v) is 5.36. The number of benzene rings is 2. The Morgan fingerprint density at radius 1 is 0.929 bits per heavy atom. The summed E-state index contributed by atoms with van der Waals surface area (Å²) in [6.07, 6.45) is -1.58. The van der Waals surface area contributed by atoms with Crippen LogP contribution in [0.4, 0.5) is 0 Å². The highest BCUT2D eigenvalue weighted by Crippen LogP contribution is 2.44. The van der Waals surface area contributed by atoms with Crippen LogP contribution in [-0.2, 0) is 24.5 Å². The molecule has 28 heavy (non-hydrogen) atoms. The molecule has 1 heterocycles. The summed E-state index contributed by atoms with van der Waals surface area (Å²) < 4.78 is 22.7. The van der Waals surface area contributed by atoms with E-state index in [4.69, 9.17) is 30.5 Å². The van der Waals surface area contributed by atoms with Crippen molar-refractivity contribution in [2.24, 2.45) is 0 Å². The number of aliphatic hydroxyl groups is 1. The van der Waals surface area contributed by atoms with Crippen LogP contribution in [0.3, 0.4) is 0 Å². The van der Waals surface area contributed by atoms with Crippen LogP contribution in [0.1, 0.15) is 11.1 Å². The van der Waals surface area contributed by atoms with E-state index in [0.717, 1.165) is 0 Å². The van der Waals surface area contributed by atoms with Gasteiger partial charge in [-0.3, -0.25) is 0 Å². The molecule has 0 unspecified atom stereocenters. The molecule has 0 saturated carbocycles. The topological polar surface area (TPSA) is 57.2 Å². The maximum absolute atomic E-state index is 12.0. The van der Waals surface area contributed by atoms with Crippen molar-refractivity contribution in [3.8, 4) is 0 Å². The Balaban J connectivity index is 2.21. The summed E-state index contributed by atoms with van der Waals surface area (Å²) in [4.78, 5) is 0. The first kappa shape index (κ1) is 20.8. The van der Waals surface area contributed by atoms with E-state index in [9.17, 15) is 5.11 Å². The van der Waals surface area contributed by atoms with Gasteiger partial charge in [0.05, 0.1) is 11.6 Å². The fourth-order valence-corrected chi connectivity index (χ4v) is 3.99. The Kier molecular flexibility index (Phi) is 6.75. The van der Waals surface area contributed by atoms with E-state index in [0.29, 0.717) is 11.1 Å². The van der Waals surface area contributed by atoms with E-state index in [1.165, 1.54) is 0 Å². The normalized spacial score (nSPS) is 22.8. The number of methoxy groups -OCH3 is 3. The summed E-state index contributed by atoms with van der Waals surface area (Å²) in [6, 6.07) is 18.6. The number of hydrogen-bond donors (Lipinski definition) is 1. The van der Waals surface area contributed by atoms with E-state index in [1.54, 1.807) is 21.3 Å².